The molecule has 10 heteroatoms. The fourth-order valence-electron chi connectivity index (χ4n) is 2.90. The van der Waals surface area contributed by atoms with E-state index in [0.717, 1.165) is 5.01 Å². The Labute approximate surface area is 147 Å². The molecule has 130 valence electrons. The summed E-state index contributed by atoms with van der Waals surface area (Å²) in [6.45, 7) is 1.89. The zero-order valence-corrected chi connectivity index (χ0v) is 15.0. The molecule has 1 atom stereocenters. The summed E-state index contributed by atoms with van der Waals surface area (Å²) in [4.78, 5) is 23.7. The van der Waals surface area contributed by atoms with Crippen molar-refractivity contribution in [3.05, 3.63) is 39.1 Å². The van der Waals surface area contributed by atoms with Gasteiger partial charge in [-0.15, -0.1) is 16.4 Å². The minimum atomic E-state index is -3.09. The van der Waals surface area contributed by atoms with Gasteiger partial charge in [0, 0.05) is 11.6 Å². The maximum absolute atomic E-state index is 12.2. The molecule has 1 fully saturated rings. The van der Waals surface area contributed by atoms with E-state index in [1.807, 2.05) is 12.3 Å². The van der Waals surface area contributed by atoms with E-state index in [-0.39, 0.29) is 23.1 Å². The third-order valence-electron chi connectivity index (χ3n) is 4.09. The van der Waals surface area contributed by atoms with Gasteiger partial charge >= 0.3 is 0 Å². The molecule has 0 spiro atoms. The summed E-state index contributed by atoms with van der Waals surface area (Å²) in [5.41, 5.74) is 0.686. The number of sulfone groups is 1. The lowest BCUT2D eigenvalue weighted by molar-refractivity contribution is 0.505. The van der Waals surface area contributed by atoms with Gasteiger partial charge in [0.1, 0.15) is 5.69 Å². The van der Waals surface area contributed by atoms with E-state index in [4.69, 9.17) is 0 Å². The topological polar surface area (TPSA) is 111 Å². The van der Waals surface area contributed by atoms with Crippen molar-refractivity contribution in [2.75, 3.05) is 11.5 Å². The zero-order chi connectivity index (χ0) is 17.6. The molecule has 8 nitrogen and oxygen atoms in total. The molecule has 4 rings (SSSR count). The Hall–Kier alpha value is -2.33. The molecular weight excluding hydrogens is 362 g/mol. The molecule has 3 aromatic rings. The molecule has 1 N–H and O–H groups in total. The van der Waals surface area contributed by atoms with Crippen molar-refractivity contribution >= 4 is 21.2 Å². The second kappa shape index (κ2) is 5.88. The van der Waals surface area contributed by atoms with Crippen LogP contribution in [0.3, 0.4) is 0 Å². The standard InChI is InChI=1S/C15H15N5O3S2/c1-9-17-12(7-24-9)13-18-14(11-3-2-5-16-15(11)21)20(19-13)10-4-6-25(22,23)8-10/h2-3,5,7,10H,4,6,8H2,1H3,(H,16,21)/t10-/m0/s1. The number of aromatic nitrogens is 5. The molecule has 0 bridgehead atoms. The number of aromatic amines is 1. The minimum Gasteiger partial charge on any atom is -0.328 e. The first-order valence-electron chi connectivity index (χ1n) is 7.70. The van der Waals surface area contributed by atoms with Crippen LogP contribution in [0, 0.1) is 6.92 Å². The summed E-state index contributed by atoms with van der Waals surface area (Å²) < 4.78 is 25.3. The van der Waals surface area contributed by atoms with Crippen LogP contribution in [0.15, 0.2) is 28.5 Å². The molecule has 0 radical (unpaired) electrons. The number of nitrogens with zero attached hydrogens (tertiary/aromatic N) is 4. The van der Waals surface area contributed by atoms with E-state index in [2.05, 4.69) is 20.1 Å². The highest BCUT2D eigenvalue weighted by atomic mass is 32.2. The lowest BCUT2D eigenvalue weighted by atomic mass is 10.2. The van der Waals surface area contributed by atoms with E-state index in [0.29, 0.717) is 29.3 Å². The Kier molecular flexibility index (Phi) is 3.80. The Bertz CT molecular complexity index is 1100. The maximum Gasteiger partial charge on any atom is 0.259 e. The number of aryl methyl sites for hydroxylation is 1. The van der Waals surface area contributed by atoms with Crippen LogP contribution < -0.4 is 5.56 Å². The number of thiazole rings is 1. The van der Waals surface area contributed by atoms with Gasteiger partial charge in [-0.25, -0.2) is 23.1 Å². The summed E-state index contributed by atoms with van der Waals surface area (Å²) in [5, 5.41) is 7.22. The largest absolute Gasteiger partial charge is 0.328 e. The number of rotatable bonds is 3. The first kappa shape index (κ1) is 16.2. The molecule has 1 aliphatic heterocycles. The van der Waals surface area contributed by atoms with Gasteiger partial charge in [0.15, 0.2) is 15.7 Å². The van der Waals surface area contributed by atoms with Crippen LogP contribution in [-0.2, 0) is 9.84 Å². The van der Waals surface area contributed by atoms with Crippen molar-refractivity contribution in [1.29, 1.82) is 0 Å². The fourth-order valence-corrected chi connectivity index (χ4v) is 5.19. The smallest absolute Gasteiger partial charge is 0.259 e. The van der Waals surface area contributed by atoms with Crippen LogP contribution in [0.1, 0.15) is 17.5 Å². The van der Waals surface area contributed by atoms with E-state index >= 15 is 0 Å². The average molecular weight is 377 g/mol. The summed E-state index contributed by atoms with van der Waals surface area (Å²) >= 11 is 1.48. The fraction of sp³-hybridized carbons (Fsp3) is 0.333. The van der Waals surface area contributed by atoms with E-state index in [1.54, 1.807) is 16.8 Å². The first-order chi connectivity index (χ1) is 11.9. The molecule has 3 aromatic heterocycles. The van der Waals surface area contributed by atoms with Gasteiger partial charge < -0.3 is 4.98 Å². The molecule has 0 amide bonds. The normalized spacial score (nSPS) is 19.3. The second-order valence-electron chi connectivity index (χ2n) is 5.93. The van der Waals surface area contributed by atoms with Gasteiger partial charge in [0.25, 0.3) is 5.56 Å². The van der Waals surface area contributed by atoms with Crippen molar-refractivity contribution in [3.63, 3.8) is 0 Å². The van der Waals surface area contributed by atoms with Crippen molar-refractivity contribution in [2.45, 2.75) is 19.4 Å². The monoisotopic (exact) mass is 377 g/mol. The second-order valence-corrected chi connectivity index (χ2v) is 9.22. The zero-order valence-electron chi connectivity index (χ0n) is 13.3. The third kappa shape index (κ3) is 3.02. The maximum atomic E-state index is 12.2. The van der Waals surface area contributed by atoms with Gasteiger partial charge in [0.05, 0.1) is 28.1 Å². The summed E-state index contributed by atoms with van der Waals surface area (Å²) in [6, 6.07) is 3.02. The summed E-state index contributed by atoms with van der Waals surface area (Å²) in [6.07, 6.45) is 2.00. The van der Waals surface area contributed by atoms with E-state index in [1.165, 1.54) is 17.5 Å². The SMILES string of the molecule is Cc1nc(-c2nc(-c3ccc[nH]c3=O)n([C@H]3CCS(=O)(=O)C3)n2)cs1. The highest BCUT2D eigenvalue weighted by Gasteiger charge is 2.32. The number of hydrogen-bond acceptors (Lipinski definition) is 7. The van der Waals surface area contributed by atoms with Gasteiger partial charge in [-0.1, -0.05) is 0 Å². The number of H-pyrrole nitrogens is 1. The van der Waals surface area contributed by atoms with Gasteiger partial charge in [-0.2, -0.15) is 0 Å². The van der Waals surface area contributed by atoms with Crippen molar-refractivity contribution in [1.82, 2.24) is 24.7 Å². The first-order valence-corrected chi connectivity index (χ1v) is 10.4. The molecular formula is C15H15N5O3S2. The minimum absolute atomic E-state index is 0.00360. The number of pyridine rings is 1. The quantitative estimate of drug-likeness (QED) is 0.739. The van der Waals surface area contributed by atoms with Crippen LogP contribution in [-0.4, -0.2) is 44.7 Å². The lowest BCUT2D eigenvalue weighted by Crippen LogP contribution is -2.17. The molecule has 0 aromatic carbocycles. The molecule has 0 saturated carbocycles. The molecule has 1 aliphatic rings. The van der Waals surface area contributed by atoms with Crippen molar-refractivity contribution in [2.24, 2.45) is 0 Å². The molecule has 0 aliphatic carbocycles. The third-order valence-corrected chi connectivity index (χ3v) is 6.62. The summed E-state index contributed by atoms with van der Waals surface area (Å²) in [5.74, 6) is 0.883. The van der Waals surface area contributed by atoms with E-state index < -0.39 is 9.84 Å². The Morgan fingerprint density at radius 3 is 2.84 bits per heavy atom. The molecule has 4 heterocycles. The van der Waals surface area contributed by atoms with Crippen LogP contribution in [0.25, 0.3) is 22.9 Å². The Balaban J connectivity index is 1.88. The lowest BCUT2D eigenvalue weighted by Gasteiger charge is -2.11. The highest BCUT2D eigenvalue weighted by molar-refractivity contribution is 7.91. The van der Waals surface area contributed by atoms with Crippen molar-refractivity contribution in [3.8, 4) is 22.9 Å². The number of hydrogen-bond donors (Lipinski definition) is 1. The predicted molar refractivity (Wildman–Crippen MR) is 94.2 cm³/mol. The van der Waals surface area contributed by atoms with E-state index in [9.17, 15) is 13.2 Å². The average Bonchev–Trinajstić information content (AvgIpc) is 3.26. The molecule has 0 unspecified atom stereocenters. The van der Waals surface area contributed by atoms with Crippen LogP contribution >= 0.6 is 11.3 Å². The van der Waals surface area contributed by atoms with Crippen LogP contribution in [0.5, 0.6) is 0 Å². The van der Waals surface area contributed by atoms with Crippen molar-refractivity contribution < 1.29 is 8.42 Å². The van der Waals surface area contributed by atoms with Gasteiger partial charge in [-0.05, 0) is 25.5 Å². The molecule has 1 saturated heterocycles. The van der Waals surface area contributed by atoms with Crippen LogP contribution in [0.2, 0.25) is 0 Å². The van der Waals surface area contributed by atoms with Crippen LogP contribution in [0.4, 0.5) is 0 Å². The summed E-state index contributed by atoms with van der Waals surface area (Å²) in [7, 11) is -3.09. The highest BCUT2D eigenvalue weighted by Crippen LogP contribution is 2.29. The number of nitrogens with one attached hydrogen (secondary N) is 1. The Morgan fingerprint density at radius 2 is 2.20 bits per heavy atom. The van der Waals surface area contributed by atoms with Gasteiger partial charge in [-0.3, -0.25) is 4.79 Å². The Morgan fingerprint density at radius 1 is 1.36 bits per heavy atom. The molecule has 25 heavy (non-hydrogen) atoms. The predicted octanol–water partition coefficient (Wildman–Crippen LogP) is 1.42. The van der Waals surface area contributed by atoms with Gasteiger partial charge in [0.2, 0.25) is 5.82 Å².